The van der Waals surface area contributed by atoms with Crippen molar-refractivity contribution < 1.29 is 13.2 Å². The molecule has 0 saturated carbocycles. The molecule has 1 aromatic rings. The van der Waals surface area contributed by atoms with Crippen LogP contribution in [0.3, 0.4) is 0 Å². The zero-order chi connectivity index (χ0) is 18.9. The number of nitrogens with one attached hydrogen (secondary N) is 1. The van der Waals surface area contributed by atoms with Crippen LogP contribution in [0.15, 0.2) is 23.2 Å². The molecule has 1 aliphatic heterocycles. The molecule has 1 saturated heterocycles. The zero-order valence-electron chi connectivity index (χ0n) is 16.2. The molecule has 0 aromatic carbocycles. The van der Waals surface area contributed by atoms with Gasteiger partial charge in [0.25, 0.3) is 0 Å². The van der Waals surface area contributed by atoms with Gasteiger partial charge in [-0.2, -0.15) is 0 Å². The van der Waals surface area contributed by atoms with E-state index in [0.717, 1.165) is 18.7 Å². The molecular formula is C18H31N3O3S. The lowest BCUT2D eigenvalue weighted by molar-refractivity contribution is -0.133. The molecule has 0 bridgehead atoms. The summed E-state index contributed by atoms with van der Waals surface area (Å²) in [5, 5.41) is 0. The third kappa shape index (κ3) is 5.15. The van der Waals surface area contributed by atoms with E-state index in [1.54, 1.807) is 12.1 Å². The Labute approximate surface area is 152 Å². The van der Waals surface area contributed by atoms with Crippen LogP contribution in [0.25, 0.3) is 0 Å². The van der Waals surface area contributed by atoms with Crippen molar-refractivity contribution in [1.29, 1.82) is 0 Å². The summed E-state index contributed by atoms with van der Waals surface area (Å²) in [6.07, 6.45) is 2.97. The van der Waals surface area contributed by atoms with Crippen molar-refractivity contribution >= 4 is 15.8 Å². The third-order valence-electron chi connectivity index (χ3n) is 4.36. The summed E-state index contributed by atoms with van der Waals surface area (Å²) >= 11 is 0. The Kier molecular flexibility index (Phi) is 5.81. The first-order valence-corrected chi connectivity index (χ1v) is 10.4. The SMILES string of the molecule is CCC(CC)NS(=O)(=O)c1ccc(N2CC(C)(C)OC(C)(C)C2)nc1. The van der Waals surface area contributed by atoms with Crippen molar-refractivity contribution in [3.05, 3.63) is 18.3 Å². The fraction of sp³-hybridized carbons (Fsp3) is 0.722. The predicted octanol–water partition coefficient (Wildman–Crippen LogP) is 2.94. The Morgan fingerprint density at radius 1 is 1.16 bits per heavy atom. The van der Waals surface area contributed by atoms with Gasteiger partial charge in [-0.05, 0) is 52.7 Å². The van der Waals surface area contributed by atoms with Crippen molar-refractivity contribution in [2.24, 2.45) is 0 Å². The van der Waals surface area contributed by atoms with Crippen LogP contribution >= 0.6 is 0 Å². The van der Waals surface area contributed by atoms with Crippen molar-refractivity contribution in [1.82, 2.24) is 9.71 Å². The minimum Gasteiger partial charge on any atom is -0.366 e. The van der Waals surface area contributed by atoms with E-state index in [2.05, 4.69) is 42.3 Å². The largest absolute Gasteiger partial charge is 0.366 e. The number of nitrogens with zero attached hydrogens (tertiary/aromatic N) is 2. The van der Waals surface area contributed by atoms with Gasteiger partial charge in [-0.25, -0.2) is 18.1 Å². The van der Waals surface area contributed by atoms with Gasteiger partial charge < -0.3 is 9.64 Å². The first-order valence-electron chi connectivity index (χ1n) is 8.91. The van der Waals surface area contributed by atoms with E-state index in [1.165, 1.54) is 6.20 Å². The molecule has 0 atom stereocenters. The lowest BCUT2D eigenvalue weighted by Crippen LogP contribution is -2.57. The Morgan fingerprint density at radius 3 is 2.16 bits per heavy atom. The molecule has 1 fully saturated rings. The van der Waals surface area contributed by atoms with Crippen LogP contribution in [0.4, 0.5) is 5.82 Å². The van der Waals surface area contributed by atoms with Crippen LogP contribution in [0.1, 0.15) is 54.4 Å². The van der Waals surface area contributed by atoms with Gasteiger partial charge in [0, 0.05) is 25.3 Å². The van der Waals surface area contributed by atoms with E-state index in [1.807, 2.05) is 13.8 Å². The van der Waals surface area contributed by atoms with Crippen LogP contribution in [0, 0.1) is 0 Å². The molecule has 0 aliphatic carbocycles. The number of ether oxygens (including phenoxy) is 1. The summed E-state index contributed by atoms with van der Waals surface area (Å²) in [4.78, 5) is 6.76. The fourth-order valence-corrected chi connectivity index (χ4v) is 4.76. The highest BCUT2D eigenvalue weighted by atomic mass is 32.2. The van der Waals surface area contributed by atoms with Crippen LogP contribution in [0.5, 0.6) is 0 Å². The van der Waals surface area contributed by atoms with Crippen molar-refractivity contribution in [2.45, 2.75) is 76.5 Å². The summed E-state index contributed by atoms with van der Waals surface area (Å²) in [7, 11) is -3.53. The van der Waals surface area contributed by atoms with Gasteiger partial charge in [0.2, 0.25) is 10.0 Å². The number of anilines is 1. The molecule has 25 heavy (non-hydrogen) atoms. The Morgan fingerprint density at radius 2 is 1.72 bits per heavy atom. The average molecular weight is 370 g/mol. The molecule has 1 N–H and O–H groups in total. The monoisotopic (exact) mass is 369 g/mol. The first-order chi connectivity index (χ1) is 11.5. The molecule has 0 radical (unpaired) electrons. The fourth-order valence-electron chi connectivity index (χ4n) is 3.41. The highest BCUT2D eigenvalue weighted by molar-refractivity contribution is 7.89. The summed E-state index contributed by atoms with van der Waals surface area (Å²) < 4.78 is 33.8. The summed E-state index contributed by atoms with van der Waals surface area (Å²) in [5.74, 6) is 0.769. The van der Waals surface area contributed by atoms with Gasteiger partial charge in [-0.15, -0.1) is 0 Å². The molecule has 2 rings (SSSR count). The van der Waals surface area contributed by atoms with Gasteiger partial charge in [-0.3, -0.25) is 0 Å². The van der Waals surface area contributed by atoms with E-state index in [9.17, 15) is 8.42 Å². The number of morpholine rings is 1. The highest BCUT2D eigenvalue weighted by Crippen LogP contribution is 2.30. The van der Waals surface area contributed by atoms with E-state index < -0.39 is 10.0 Å². The molecule has 0 amide bonds. The van der Waals surface area contributed by atoms with Gasteiger partial charge in [-0.1, -0.05) is 13.8 Å². The van der Waals surface area contributed by atoms with Gasteiger partial charge in [0.05, 0.1) is 11.2 Å². The molecule has 0 spiro atoms. The van der Waals surface area contributed by atoms with Crippen LogP contribution < -0.4 is 9.62 Å². The predicted molar refractivity (Wildman–Crippen MR) is 100 cm³/mol. The first kappa shape index (κ1) is 20.1. The van der Waals surface area contributed by atoms with E-state index >= 15 is 0 Å². The second-order valence-electron chi connectivity index (χ2n) is 7.96. The number of hydrogen-bond acceptors (Lipinski definition) is 5. The Bertz CT molecular complexity index is 664. The zero-order valence-corrected chi connectivity index (χ0v) is 17.0. The lowest BCUT2D eigenvalue weighted by atomic mass is 9.99. The van der Waals surface area contributed by atoms with Crippen LogP contribution in [0.2, 0.25) is 0 Å². The lowest BCUT2D eigenvalue weighted by Gasteiger charge is -2.47. The van der Waals surface area contributed by atoms with E-state index in [-0.39, 0.29) is 22.1 Å². The van der Waals surface area contributed by atoms with Crippen LogP contribution in [-0.4, -0.2) is 43.7 Å². The summed E-state index contributed by atoms with van der Waals surface area (Å²) in [6, 6.07) is 3.35. The molecule has 7 heteroatoms. The summed E-state index contributed by atoms with van der Waals surface area (Å²) in [5.41, 5.74) is -0.573. The van der Waals surface area contributed by atoms with E-state index in [0.29, 0.717) is 13.1 Å². The van der Waals surface area contributed by atoms with Gasteiger partial charge in [0.15, 0.2) is 0 Å². The molecule has 0 unspecified atom stereocenters. The van der Waals surface area contributed by atoms with Crippen molar-refractivity contribution in [2.75, 3.05) is 18.0 Å². The Balaban J connectivity index is 2.19. The van der Waals surface area contributed by atoms with Crippen LogP contribution in [-0.2, 0) is 14.8 Å². The van der Waals surface area contributed by atoms with E-state index in [4.69, 9.17) is 4.74 Å². The number of aromatic nitrogens is 1. The maximum atomic E-state index is 12.5. The standard InChI is InChI=1S/C18H31N3O3S/c1-7-14(8-2)20-25(22,23)15-9-10-16(19-11-15)21-12-17(3,4)24-18(5,6)13-21/h9-11,14,20H,7-8,12-13H2,1-6H3. The minimum absolute atomic E-state index is 0.0504. The normalized spacial score (nSPS) is 20.0. The molecule has 142 valence electrons. The van der Waals surface area contributed by atoms with Crippen molar-refractivity contribution in [3.63, 3.8) is 0 Å². The maximum Gasteiger partial charge on any atom is 0.242 e. The third-order valence-corrected chi connectivity index (χ3v) is 5.86. The maximum absolute atomic E-state index is 12.5. The number of rotatable bonds is 6. The number of pyridine rings is 1. The van der Waals surface area contributed by atoms with Gasteiger partial charge >= 0.3 is 0 Å². The average Bonchev–Trinajstić information content (AvgIpc) is 2.50. The highest BCUT2D eigenvalue weighted by Gasteiger charge is 2.38. The minimum atomic E-state index is -3.53. The molecule has 1 aliphatic rings. The van der Waals surface area contributed by atoms with Gasteiger partial charge in [0.1, 0.15) is 10.7 Å². The topological polar surface area (TPSA) is 71.5 Å². The Hall–Kier alpha value is -1.18. The molecular weight excluding hydrogens is 338 g/mol. The quantitative estimate of drug-likeness (QED) is 0.835. The summed E-state index contributed by atoms with van der Waals surface area (Å²) in [6.45, 7) is 13.6. The number of hydrogen-bond donors (Lipinski definition) is 1. The smallest absolute Gasteiger partial charge is 0.242 e. The molecule has 6 nitrogen and oxygen atoms in total. The molecule has 2 heterocycles. The second kappa shape index (κ2) is 7.21. The second-order valence-corrected chi connectivity index (χ2v) is 9.68. The molecule has 1 aromatic heterocycles. The van der Waals surface area contributed by atoms with Crippen molar-refractivity contribution in [3.8, 4) is 0 Å². The number of sulfonamides is 1.